The average molecular weight is 472 g/mol. The summed E-state index contributed by atoms with van der Waals surface area (Å²) in [5.41, 5.74) is 4.42. The van der Waals surface area contributed by atoms with Crippen molar-refractivity contribution >= 4 is 29.3 Å². The van der Waals surface area contributed by atoms with Gasteiger partial charge in [0.25, 0.3) is 5.56 Å². The summed E-state index contributed by atoms with van der Waals surface area (Å²) >= 11 is 0. The number of benzene rings is 1. The third kappa shape index (κ3) is 4.54. The van der Waals surface area contributed by atoms with Crippen LogP contribution in [0.25, 0.3) is 11.7 Å². The van der Waals surface area contributed by atoms with Crippen LogP contribution in [0.3, 0.4) is 0 Å². The van der Waals surface area contributed by atoms with E-state index in [2.05, 4.69) is 0 Å². The Morgan fingerprint density at radius 2 is 1.80 bits per heavy atom. The zero-order valence-corrected chi connectivity index (χ0v) is 20.7. The molecule has 0 bridgehead atoms. The summed E-state index contributed by atoms with van der Waals surface area (Å²) in [6.45, 7) is 10.1. The van der Waals surface area contributed by atoms with Gasteiger partial charge in [-0.1, -0.05) is 30.2 Å². The van der Waals surface area contributed by atoms with Gasteiger partial charge in [-0.15, -0.1) is 0 Å². The topological polar surface area (TPSA) is 81.0 Å². The highest BCUT2D eigenvalue weighted by atomic mass is 16.5. The number of carbonyl (C=O) groups is 2. The number of rotatable bonds is 6. The van der Waals surface area contributed by atoms with Gasteiger partial charge in [0.05, 0.1) is 23.4 Å². The van der Waals surface area contributed by atoms with Gasteiger partial charge in [0.15, 0.2) is 5.78 Å². The third-order valence-corrected chi connectivity index (χ3v) is 5.89. The highest BCUT2D eigenvalue weighted by molar-refractivity contribution is 6.10. The van der Waals surface area contributed by atoms with Crippen molar-refractivity contribution < 1.29 is 14.3 Å². The number of ether oxygens (including phenoxy) is 1. The van der Waals surface area contributed by atoms with Gasteiger partial charge in [0.2, 0.25) is 0 Å². The molecule has 0 amide bonds. The molecule has 0 atom stereocenters. The fourth-order valence-electron chi connectivity index (χ4n) is 4.41. The van der Waals surface area contributed by atoms with Crippen LogP contribution in [0.15, 0.2) is 58.7 Å². The van der Waals surface area contributed by atoms with E-state index < -0.39 is 5.97 Å². The first-order chi connectivity index (χ1) is 16.7. The molecule has 0 fully saturated rings. The predicted molar refractivity (Wildman–Crippen MR) is 137 cm³/mol. The Balaban J connectivity index is 1.99. The van der Waals surface area contributed by atoms with Gasteiger partial charge in [0.1, 0.15) is 11.5 Å². The number of aromatic nitrogens is 2. The minimum atomic E-state index is -0.590. The minimum Gasteiger partial charge on any atom is -0.462 e. The minimum absolute atomic E-state index is 0.164. The molecule has 180 valence electrons. The van der Waals surface area contributed by atoms with Gasteiger partial charge in [0, 0.05) is 24.4 Å². The zero-order valence-electron chi connectivity index (χ0n) is 20.7. The molecule has 0 unspecified atom stereocenters. The van der Waals surface area contributed by atoms with Crippen LogP contribution in [0.5, 0.6) is 0 Å². The molecular weight excluding hydrogens is 442 g/mol. The van der Waals surface area contributed by atoms with Gasteiger partial charge in [-0.2, -0.15) is 0 Å². The second-order valence-corrected chi connectivity index (χ2v) is 8.74. The van der Waals surface area contributed by atoms with Crippen molar-refractivity contribution in [3.05, 3.63) is 92.0 Å². The number of esters is 1. The molecule has 0 spiro atoms. The fraction of sp³-hybridized carbons (Fsp3) is 0.286. The molecule has 35 heavy (non-hydrogen) atoms. The van der Waals surface area contributed by atoms with Crippen molar-refractivity contribution in [1.29, 1.82) is 0 Å². The van der Waals surface area contributed by atoms with E-state index in [0.29, 0.717) is 41.3 Å². The van der Waals surface area contributed by atoms with Gasteiger partial charge < -0.3 is 9.64 Å². The van der Waals surface area contributed by atoms with Gasteiger partial charge in [-0.25, -0.2) is 9.78 Å². The SMILES string of the molecule is CCCN1C(=CC(=O)c2cc(C)cc(C)c2)C(C(=O)OCC)=Cc2c1nc1c(C)cccn1c2=O. The molecule has 0 saturated heterocycles. The molecule has 7 heteroatoms. The smallest absolute Gasteiger partial charge is 0.340 e. The van der Waals surface area contributed by atoms with E-state index >= 15 is 0 Å². The lowest BCUT2D eigenvalue weighted by Crippen LogP contribution is -2.35. The summed E-state index contributed by atoms with van der Waals surface area (Å²) in [5, 5.41) is 0. The first-order valence-corrected chi connectivity index (χ1v) is 11.8. The van der Waals surface area contributed by atoms with Crippen molar-refractivity contribution in [3.8, 4) is 0 Å². The number of nitrogens with zero attached hydrogens (tertiary/aromatic N) is 3. The summed E-state index contributed by atoms with van der Waals surface area (Å²) in [6, 6.07) is 9.32. The average Bonchev–Trinajstić information content (AvgIpc) is 2.81. The Hall–Kier alpha value is -4.00. The molecule has 0 radical (unpaired) electrons. The molecule has 1 aliphatic heterocycles. The first-order valence-electron chi connectivity index (χ1n) is 11.8. The summed E-state index contributed by atoms with van der Waals surface area (Å²) in [6.07, 6.45) is 5.33. The lowest BCUT2D eigenvalue weighted by molar-refractivity contribution is -0.138. The van der Waals surface area contributed by atoms with Crippen molar-refractivity contribution in [1.82, 2.24) is 9.38 Å². The number of pyridine rings is 1. The number of anilines is 1. The fourth-order valence-corrected chi connectivity index (χ4v) is 4.41. The van der Waals surface area contributed by atoms with Crippen LogP contribution in [0.1, 0.15) is 52.9 Å². The maximum absolute atomic E-state index is 13.4. The van der Waals surface area contributed by atoms with Crippen LogP contribution in [-0.4, -0.2) is 34.3 Å². The molecular formula is C28H29N3O4. The van der Waals surface area contributed by atoms with Crippen LogP contribution in [0, 0.1) is 20.8 Å². The van der Waals surface area contributed by atoms with Crippen LogP contribution >= 0.6 is 0 Å². The van der Waals surface area contributed by atoms with Crippen LogP contribution in [0.2, 0.25) is 0 Å². The molecule has 3 aromatic rings. The van der Waals surface area contributed by atoms with Crippen molar-refractivity contribution in [2.75, 3.05) is 18.1 Å². The second-order valence-electron chi connectivity index (χ2n) is 8.74. The number of allylic oxidation sites excluding steroid dienone is 1. The largest absolute Gasteiger partial charge is 0.462 e. The Morgan fingerprint density at radius 1 is 1.09 bits per heavy atom. The van der Waals surface area contributed by atoms with Crippen LogP contribution in [0.4, 0.5) is 5.82 Å². The first kappa shape index (κ1) is 24.1. The van der Waals surface area contributed by atoms with E-state index in [1.807, 2.05) is 52.0 Å². The number of fused-ring (bicyclic) bond motifs is 2. The van der Waals surface area contributed by atoms with Crippen molar-refractivity contribution in [2.24, 2.45) is 0 Å². The summed E-state index contributed by atoms with van der Waals surface area (Å²) in [4.78, 5) is 46.4. The van der Waals surface area contributed by atoms with Crippen molar-refractivity contribution in [3.63, 3.8) is 0 Å². The van der Waals surface area contributed by atoms with Gasteiger partial charge >= 0.3 is 5.97 Å². The molecule has 1 aromatic carbocycles. The predicted octanol–water partition coefficient (Wildman–Crippen LogP) is 4.56. The molecule has 7 nitrogen and oxygen atoms in total. The Labute approximate surface area is 204 Å². The molecule has 4 rings (SSSR count). The number of ketones is 1. The maximum atomic E-state index is 13.4. The third-order valence-electron chi connectivity index (χ3n) is 5.89. The standard InChI is InChI=1S/C28H29N3O4/c1-6-10-30-23(16-24(32)20-13-17(3)12-18(4)14-20)21(28(34)35-7-2)15-22-26(30)29-25-19(5)9-8-11-31(25)27(22)33/h8-9,11-16H,6-7,10H2,1-5H3. The highest BCUT2D eigenvalue weighted by Gasteiger charge is 2.32. The monoisotopic (exact) mass is 471 g/mol. The molecule has 0 saturated carbocycles. The van der Waals surface area contributed by atoms with Crippen LogP contribution < -0.4 is 10.5 Å². The Kier molecular flexibility index (Phi) is 6.69. The molecule has 0 aliphatic carbocycles. The number of aryl methyl sites for hydroxylation is 3. The van der Waals surface area contributed by atoms with E-state index in [4.69, 9.17) is 9.72 Å². The summed E-state index contributed by atoms with van der Waals surface area (Å²) in [5.74, 6) is -0.397. The van der Waals surface area contributed by atoms with E-state index in [0.717, 1.165) is 16.7 Å². The number of carbonyl (C=O) groups excluding carboxylic acids is 2. The quantitative estimate of drug-likeness (QED) is 0.298. The molecule has 1 aliphatic rings. The second kappa shape index (κ2) is 9.70. The molecule has 2 aromatic heterocycles. The number of hydrogen-bond acceptors (Lipinski definition) is 6. The van der Waals surface area contributed by atoms with Gasteiger partial charge in [-0.05, 0) is 64.0 Å². The maximum Gasteiger partial charge on any atom is 0.340 e. The van der Waals surface area contributed by atoms with Crippen LogP contribution in [-0.2, 0) is 9.53 Å². The van der Waals surface area contributed by atoms with E-state index in [1.165, 1.54) is 16.6 Å². The normalized spacial score (nSPS) is 14.1. The Morgan fingerprint density at radius 3 is 2.46 bits per heavy atom. The van der Waals surface area contributed by atoms with Crippen molar-refractivity contribution in [2.45, 2.75) is 41.0 Å². The summed E-state index contributed by atoms with van der Waals surface area (Å²) in [7, 11) is 0. The lowest BCUT2D eigenvalue weighted by atomic mass is 9.98. The number of hydrogen-bond donors (Lipinski definition) is 0. The Bertz CT molecular complexity index is 1440. The van der Waals surface area contributed by atoms with E-state index in [9.17, 15) is 14.4 Å². The molecule has 3 heterocycles. The van der Waals surface area contributed by atoms with Gasteiger partial charge in [-0.3, -0.25) is 14.0 Å². The lowest BCUT2D eigenvalue weighted by Gasteiger charge is -2.32. The summed E-state index contributed by atoms with van der Waals surface area (Å²) < 4.78 is 6.79. The molecule has 0 N–H and O–H groups in total. The van der Waals surface area contributed by atoms with E-state index in [1.54, 1.807) is 24.1 Å². The van der Waals surface area contributed by atoms with E-state index in [-0.39, 0.29) is 23.5 Å². The zero-order chi connectivity index (χ0) is 25.3. The highest BCUT2D eigenvalue weighted by Crippen LogP contribution is 2.34.